The number of sulfonamides is 1. The van der Waals surface area contributed by atoms with Crippen molar-refractivity contribution in [1.82, 2.24) is 4.72 Å². The number of carbonyl (C=O) groups is 2. The molecular weight excluding hydrogens is 380 g/mol. The lowest BCUT2D eigenvalue weighted by Gasteiger charge is -2.08. The third-order valence-electron chi connectivity index (χ3n) is 4.03. The molecule has 0 aliphatic heterocycles. The van der Waals surface area contributed by atoms with Crippen LogP contribution in [0.2, 0.25) is 0 Å². The lowest BCUT2D eigenvalue weighted by atomic mass is 10.1. The predicted octanol–water partition coefficient (Wildman–Crippen LogP) is 2.27. The second-order valence-corrected chi connectivity index (χ2v) is 7.96. The van der Waals surface area contributed by atoms with E-state index in [2.05, 4.69) is 10.0 Å². The molecule has 0 spiro atoms. The number of hydrogen-bond donors (Lipinski definition) is 2. The van der Waals surface area contributed by atoms with Gasteiger partial charge >= 0.3 is 5.97 Å². The van der Waals surface area contributed by atoms with Crippen molar-refractivity contribution in [3.8, 4) is 0 Å². The van der Waals surface area contributed by atoms with Crippen LogP contribution in [0.1, 0.15) is 24.5 Å². The molecule has 0 saturated carbocycles. The van der Waals surface area contributed by atoms with E-state index in [1.54, 1.807) is 43.3 Å². The maximum atomic E-state index is 12.1. The number of anilines is 1. The number of amides is 1. The van der Waals surface area contributed by atoms with Crippen LogP contribution in [0.5, 0.6) is 0 Å². The van der Waals surface area contributed by atoms with Crippen LogP contribution in [0.25, 0.3) is 0 Å². The van der Waals surface area contributed by atoms with Crippen molar-refractivity contribution < 1.29 is 22.7 Å². The van der Waals surface area contributed by atoms with Gasteiger partial charge < -0.3 is 10.1 Å². The average Bonchev–Trinajstić information content (AvgIpc) is 2.68. The first-order chi connectivity index (χ1) is 13.3. The number of carbonyl (C=O) groups excluding carboxylic acids is 2. The summed E-state index contributed by atoms with van der Waals surface area (Å²) >= 11 is 0. The van der Waals surface area contributed by atoms with Crippen molar-refractivity contribution in [3.63, 3.8) is 0 Å². The van der Waals surface area contributed by atoms with Crippen molar-refractivity contribution in [3.05, 3.63) is 59.7 Å². The van der Waals surface area contributed by atoms with Crippen LogP contribution < -0.4 is 10.0 Å². The molecule has 0 radical (unpaired) electrons. The van der Waals surface area contributed by atoms with E-state index in [4.69, 9.17) is 4.74 Å². The van der Waals surface area contributed by atoms with Gasteiger partial charge in [-0.1, -0.05) is 24.3 Å². The Morgan fingerprint density at radius 3 is 2.14 bits per heavy atom. The van der Waals surface area contributed by atoms with Gasteiger partial charge in [-0.2, -0.15) is 0 Å². The molecule has 0 atom stereocenters. The van der Waals surface area contributed by atoms with Gasteiger partial charge in [0.2, 0.25) is 15.9 Å². The smallest absolute Gasteiger partial charge is 0.310 e. The monoisotopic (exact) mass is 404 g/mol. The Balaban J connectivity index is 1.84. The largest absolute Gasteiger partial charge is 0.466 e. The molecule has 0 fully saturated rings. The minimum Gasteiger partial charge on any atom is -0.466 e. The van der Waals surface area contributed by atoms with Crippen LogP contribution in [-0.4, -0.2) is 33.9 Å². The molecule has 28 heavy (non-hydrogen) atoms. The summed E-state index contributed by atoms with van der Waals surface area (Å²) in [5.41, 5.74) is 2.33. The molecule has 1 amide bonds. The van der Waals surface area contributed by atoms with Crippen LogP contribution in [0.3, 0.4) is 0 Å². The standard InChI is InChI=1S/C20H24N2O5S/c1-3-27-20(24)14-16-4-9-17(10-5-16)22-19(23)13-8-15-6-11-18(12-7-15)28(25,26)21-2/h4-7,9-12,21H,3,8,13-14H2,1-2H3,(H,22,23). The van der Waals surface area contributed by atoms with Crippen LogP contribution in [0.4, 0.5) is 5.69 Å². The van der Waals surface area contributed by atoms with Crippen LogP contribution in [0.15, 0.2) is 53.4 Å². The zero-order chi connectivity index (χ0) is 20.6. The molecule has 2 aromatic carbocycles. The Morgan fingerprint density at radius 2 is 1.57 bits per heavy atom. The van der Waals surface area contributed by atoms with Crippen molar-refractivity contribution in [1.29, 1.82) is 0 Å². The molecule has 0 bridgehead atoms. The quantitative estimate of drug-likeness (QED) is 0.625. The number of rotatable bonds is 9. The minimum atomic E-state index is -3.46. The highest BCUT2D eigenvalue weighted by Gasteiger charge is 2.11. The molecule has 2 N–H and O–H groups in total. The molecule has 2 aromatic rings. The molecule has 0 aliphatic rings. The van der Waals surface area contributed by atoms with Gasteiger partial charge in [0, 0.05) is 12.1 Å². The number of aryl methyl sites for hydroxylation is 1. The van der Waals surface area contributed by atoms with E-state index in [0.29, 0.717) is 18.7 Å². The average molecular weight is 404 g/mol. The van der Waals surface area contributed by atoms with E-state index in [1.165, 1.54) is 19.2 Å². The molecule has 2 rings (SSSR count). The Morgan fingerprint density at radius 1 is 0.964 bits per heavy atom. The zero-order valence-corrected chi connectivity index (χ0v) is 16.7. The Hall–Kier alpha value is -2.71. The van der Waals surface area contributed by atoms with Crippen molar-refractivity contribution in [2.45, 2.75) is 31.1 Å². The Labute approximate surface area is 165 Å². The van der Waals surface area contributed by atoms with E-state index >= 15 is 0 Å². The summed E-state index contributed by atoms with van der Waals surface area (Å²) in [5.74, 6) is -0.433. The Kier molecular flexibility index (Phi) is 7.71. The van der Waals surface area contributed by atoms with Crippen molar-refractivity contribution in [2.75, 3.05) is 19.0 Å². The number of hydrogen-bond acceptors (Lipinski definition) is 5. The van der Waals surface area contributed by atoms with Gasteiger partial charge in [-0.15, -0.1) is 0 Å². The third-order valence-corrected chi connectivity index (χ3v) is 5.46. The van der Waals surface area contributed by atoms with E-state index in [-0.39, 0.29) is 29.6 Å². The summed E-state index contributed by atoms with van der Waals surface area (Å²) in [7, 11) is -2.10. The fraction of sp³-hybridized carbons (Fsp3) is 0.300. The lowest BCUT2D eigenvalue weighted by Crippen LogP contribution is -2.18. The maximum absolute atomic E-state index is 12.1. The molecule has 8 heteroatoms. The zero-order valence-electron chi connectivity index (χ0n) is 15.9. The third kappa shape index (κ3) is 6.47. The molecule has 7 nitrogen and oxygen atoms in total. The Bertz CT molecular complexity index is 907. The molecule has 150 valence electrons. The normalized spacial score (nSPS) is 11.1. The molecule has 0 saturated heterocycles. The summed E-state index contributed by atoms with van der Waals surface area (Å²) < 4.78 is 30.6. The highest BCUT2D eigenvalue weighted by Crippen LogP contribution is 2.14. The molecule has 0 aromatic heterocycles. The van der Waals surface area contributed by atoms with Gasteiger partial charge in [0.05, 0.1) is 17.9 Å². The number of benzene rings is 2. The summed E-state index contributed by atoms with van der Waals surface area (Å²) in [6, 6.07) is 13.4. The summed E-state index contributed by atoms with van der Waals surface area (Å²) in [6.45, 7) is 2.11. The first-order valence-corrected chi connectivity index (χ1v) is 10.4. The molecule has 0 heterocycles. The summed E-state index contributed by atoms with van der Waals surface area (Å²) in [6.07, 6.45) is 0.955. The number of ether oxygens (including phenoxy) is 1. The lowest BCUT2D eigenvalue weighted by molar-refractivity contribution is -0.142. The second kappa shape index (κ2) is 10.0. The fourth-order valence-corrected chi connectivity index (χ4v) is 3.25. The van der Waals surface area contributed by atoms with Gasteiger partial charge in [-0.25, -0.2) is 13.1 Å². The maximum Gasteiger partial charge on any atom is 0.310 e. The van der Waals surface area contributed by atoms with E-state index < -0.39 is 10.0 Å². The highest BCUT2D eigenvalue weighted by atomic mass is 32.2. The van der Waals surface area contributed by atoms with Gasteiger partial charge in [0.1, 0.15) is 0 Å². The van der Waals surface area contributed by atoms with Gasteiger partial charge in [0.25, 0.3) is 0 Å². The van der Waals surface area contributed by atoms with Gasteiger partial charge in [-0.05, 0) is 55.8 Å². The van der Waals surface area contributed by atoms with E-state index in [0.717, 1.165) is 11.1 Å². The topological polar surface area (TPSA) is 102 Å². The van der Waals surface area contributed by atoms with E-state index in [1.807, 2.05) is 0 Å². The van der Waals surface area contributed by atoms with Crippen LogP contribution >= 0.6 is 0 Å². The fourth-order valence-electron chi connectivity index (χ4n) is 2.52. The van der Waals surface area contributed by atoms with Gasteiger partial charge in [0.15, 0.2) is 0 Å². The van der Waals surface area contributed by atoms with Gasteiger partial charge in [-0.3, -0.25) is 9.59 Å². The summed E-state index contributed by atoms with van der Waals surface area (Å²) in [4.78, 5) is 23.8. The van der Waals surface area contributed by atoms with E-state index in [9.17, 15) is 18.0 Å². The minimum absolute atomic E-state index is 0.148. The first-order valence-electron chi connectivity index (χ1n) is 8.91. The predicted molar refractivity (Wildman–Crippen MR) is 106 cm³/mol. The molecule has 0 unspecified atom stereocenters. The number of esters is 1. The van der Waals surface area contributed by atoms with Crippen molar-refractivity contribution >= 4 is 27.6 Å². The first kappa shape index (κ1) is 21.6. The van der Waals surface area contributed by atoms with Crippen LogP contribution in [0, 0.1) is 0 Å². The SMILES string of the molecule is CCOC(=O)Cc1ccc(NC(=O)CCc2ccc(S(=O)(=O)NC)cc2)cc1. The molecular formula is C20H24N2O5S. The summed E-state index contributed by atoms with van der Waals surface area (Å²) in [5, 5.41) is 2.80. The molecule has 0 aliphatic carbocycles. The highest BCUT2D eigenvalue weighted by molar-refractivity contribution is 7.89. The van der Waals surface area contributed by atoms with Crippen molar-refractivity contribution in [2.24, 2.45) is 0 Å². The number of nitrogens with one attached hydrogen (secondary N) is 2. The van der Waals surface area contributed by atoms with Crippen LogP contribution in [-0.2, 0) is 37.2 Å². The second-order valence-electron chi connectivity index (χ2n) is 6.08.